The molecule has 1 unspecified atom stereocenters. The summed E-state index contributed by atoms with van der Waals surface area (Å²) in [4.78, 5) is 23.3. The van der Waals surface area contributed by atoms with Crippen LogP contribution in [0.5, 0.6) is 5.75 Å². The van der Waals surface area contributed by atoms with Crippen molar-refractivity contribution in [1.29, 1.82) is 0 Å². The summed E-state index contributed by atoms with van der Waals surface area (Å²) in [5.74, 6) is 0.463. The first-order valence-corrected chi connectivity index (χ1v) is 6.77. The van der Waals surface area contributed by atoms with Crippen molar-refractivity contribution in [3.63, 3.8) is 0 Å². The van der Waals surface area contributed by atoms with Gasteiger partial charge in [0.2, 0.25) is 11.8 Å². The molecule has 0 aliphatic carbocycles. The Kier molecular flexibility index (Phi) is 6.56. The zero-order valence-electron chi connectivity index (χ0n) is 12.2. The molecule has 1 aromatic carbocycles. The maximum atomic E-state index is 11.8. The number of likely N-dealkylation sites (N-methyl/N-ethyl adjacent to an activating group) is 1. The van der Waals surface area contributed by atoms with Gasteiger partial charge in [-0.3, -0.25) is 9.59 Å². The fraction of sp³-hybridized carbons (Fsp3) is 0.467. The van der Waals surface area contributed by atoms with Crippen LogP contribution >= 0.6 is 0 Å². The van der Waals surface area contributed by atoms with Gasteiger partial charge in [0.25, 0.3) is 0 Å². The number of ether oxygens (including phenoxy) is 1. The van der Waals surface area contributed by atoms with Crippen LogP contribution in [0.2, 0.25) is 0 Å². The van der Waals surface area contributed by atoms with Gasteiger partial charge in [-0.25, -0.2) is 0 Å². The summed E-state index contributed by atoms with van der Waals surface area (Å²) < 4.78 is 5.23. The van der Waals surface area contributed by atoms with E-state index in [4.69, 9.17) is 4.74 Å². The lowest BCUT2D eigenvalue weighted by Crippen LogP contribution is -2.44. The van der Waals surface area contributed by atoms with E-state index in [1.165, 1.54) is 0 Å². The van der Waals surface area contributed by atoms with Crippen molar-refractivity contribution in [2.24, 2.45) is 0 Å². The predicted molar refractivity (Wildman–Crippen MR) is 77.6 cm³/mol. The molecule has 0 saturated heterocycles. The van der Waals surface area contributed by atoms with Gasteiger partial charge in [0.1, 0.15) is 11.8 Å². The molecule has 5 heteroatoms. The number of amides is 2. The third kappa shape index (κ3) is 4.91. The summed E-state index contributed by atoms with van der Waals surface area (Å²) >= 11 is 0. The second-order valence-electron chi connectivity index (χ2n) is 4.50. The Morgan fingerprint density at radius 1 is 1.30 bits per heavy atom. The SMILES string of the molecule is CCNC(=O)C(C)NC(=O)CCc1ccccc1OC. The number of benzene rings is 1. The number of hydrogen-bond donors (Lipinski definition) is 2. The molecule has 0 radical (unpaired) electrons. The van der Waals surface area contributed by atoms with Crippen LogP contribution in [0, 0.1) is 0 Å². The fourth-order valence-corrected chi connectivity index (χ4v) is 1.86. The summed E-state index contributed by atoms with van der Waals surface area (Å²) in [6.07, 6.45) is 0.905. The van der Waals surface area contributed by atoms with Gasteiger partial charge in [-0.15, -0.1) is 0 Å². The molecule has 0 spiro atoms. The van der Waals surface area contributed by atoms with E-state index in [2.05, 4.69) is 10.6 Å². The maximum absolute atomic E-state index is 11.8. The highest BCUT2D eigenvalue weighted by Crippen LogP contribution is 2.18. The van der Waals surface area contributed by atoms with Crippen LogP contribution < -0.4 is 15.4 Å². The first-order valence-electron chi connectivity index (χ1n) is 6.77. The zero-order chi connectivity index (χ0) is 15.0. The number of carbonyl (C=O) groups excluding carboxylic acids is 2. The van der Waals surface area contributed by atoms with Crippen LogP contribution in [0.4, 0.5) is 0 Å². The summed E-state index contributed by atoms with van der Waals surface area (Å²) in [6, 6.07) is 7.08. The molecule has 2 N–H and O–H groups in total. The monoisotopic (exact) mass is 278 g/mol. The van der Waals surface area contributed by atoms with Gasteiger partial charge < -0.3 is 15.4 Å². The molecule has 2 amide bonds. The fourth-order valence-electron chi connectivity index (χ4n) is 1.86. The van der Waals surface area contributed by atoms with Crippen molar-refractivity contribution >= 4 is 11.8 Å². The maximum Gasteiger partial charge on any atom is 0.242 e. The lowest BCUT2D eigenvalue weighted by molar-refractivity contribution is -0.128. The van der Waals surface area contributed by atoms with Crippen molar-refractivity contribution < 1.29 is 14.3 Å². The van der Waals surface area contributed by atoms with Gasteiger partial charge in [0, 0.05) is 13.0 Å². The average Bonchev–Trinajstić information content (AvgIpc) is 2.45. The number of para-hydroxylation sites is 1. The van der Waals surface area contributed by atoms with Crippen molar-refractivity contribution in [3.05, 3.63) is 29.8 Å². The molecular weight excluding hydrogens is 256 g/mol. The van der Waals surface area contributed by atoms with E-state index in [-0.39, 0.29) is 11.8 Å². The third-order valence-corrected chi connectivity index (χ3v) is 2.94. The molecule has 0 bridgehead atoms. The highest BCUT2D eigenvalue weighted by Gasteiger charge is 2.14. The molecule has 0 aliphatic rings. The van der Waals surface area contributed by atoms with Gasteiger partial charge in [-0.1, -0.05) is 18.2 Å². The van der Waals surface area contributed by atoms with Crippen LogP contribution in [0.1, 0.15) is 25.8 Å². The quantitative estimate of drug-likeness (QED) is 0.789. The largest absolute Gasteiger partial charge is 0.496 e. The van der Waals surface area contributed by atoms with Crippen LogP contribution in [0.3, 0.4) is 0 Å². The van der Waals surface area contributed by atoms with E-state index in [0.717, 1.165) is 11.3 Å². The highest BCUT2D eigenvalue weighted by molar-refractivity contribution is 5.87. The Hall–Kier alpha value is -2.04. The smallest absolute Gasteiger partial charge is 0.242 e. The number of methoxy groups -OCH3 is 1. The van der Waals surface area contributed by atoms with Crippen molar-refractivity contribution in [1.82, 2.24) is 10.6 Å². The van der Waals surface area contributed by atoms with E-state index in [0.29, 0.717) is 19.4 Å². The summed E-state index contributed by atoms with van der Waals surface area (Å²) in [7, 11) is 1.61. The molecule has 1 aromatic rings. The molecule has 20 heavy (non-hydrogen) atoms. The molecule has 1 atom stereocenters. The van der Waals surface area contributed by atoms with E-state index < -0.39 is 6.04 Å². The van der Waals surface area contributed by atoms with Crippen molar-refractivity contribution in [3.8, 4) is 5.75 Å². The van der Waals surface area contributed by atoms with Crippen molar-refractivity contribution in [2.45, 2.75) is 32.7 Å². The van der Waals surface area contributed by atoms with Gasteiger partial charge in [-0.2, -0.15) is 0 Å². The number of rotatable bonds is 7. The van der Waals surface area contributed by atoms with E-state index in [1.54, 1.807) is 14.0 Å². The Labute approximate surface area is 119 Å². The van der Waals surface area contributed by atoms with E-state index >= 15 is 0 Å². The molecule has 0 heterocycles. The molecule has 0 aromatic heterocycles. The third-order valence-electron chi connectivity index (χ3n) is 2.94. The lowest BCUT2D eigenvalue weighted by Gasteiger charge is -2.13. The summed E-state index contributed by atoms with van der Waals surface area (Å²) in [5, 5.41) is 5.35. The normalized spacial score (nSPS) is 11.6. The molecule has 0 saturated carbocycles. The minimum absolute atomic E-state index is 0.144. The van der Waals surface area contributed by atoms with Crippen molar-refractivity contribution in [2.75, 3.05) is 13.7 Å². The standard InChI is InChI=1S/C15H22N2O3/c1-4-16-15(19)11(2)17-14(18)10-9-12-7-5-6-8-13(12)20-3/h5-8,11H,4,9-10H2,1-3H3,(H,16,19)(H,17,18). The van der Waals surface area contributed by atoms with Gasteiger partial charge in [0.15, 0.2) is 0 Å². The van der Waals surface area contributed by atoms with Gasteiger partial charge >= 0.3 is 0 Å². The summed E-state index contributed by atoms with van der Waals surface area (Å²) in [6.45, 7) is 4.07. The van der Waals surface area contributed by atoms with Crippen LogP contribution in [-0.2, 0) is 16.0 Å². The molecule has 5 nitrogen and oxygen atoms in total. The first kappa shape index (κ1) is 16.0. The van der Waals surface area contributed by atoms with Gasteiger partial charge in [0.05, 0.1) is 7.11 Å². The average molecular weight is 278 g/mol. The molecule has 0 fully saturated rings. The second-order valence-corrected chi connectivity index (χ2v) is 4.50. The molecule has 1 rings (SSSR count). The van der Waals surface area contributed by atoms with Gasteiger partial charge in [-0.05, 0) is 31.9 Å². The van der Waals surface area contributed by atoms with Crippen LogP contribution in [0.15, 0.2) is 24.3 Å². The zero-order valence-corrected chi connectivity index (χ0v) is 12.2. The molecular formula is C15H22N2O3. The van der Waals surface area contributed by atoms with E-state index in [9.17, 15) is 9.59 Å². The second kappa shape index (κ2) is 8.19. The minimum Gasteiger partial charge on any atom is -0.496 e. The van der Waals surface area contributed by atoms with Crippen LogP contribution in [0.25, 0.3) is 0 Å². The summed E-state index contributed by atoms with van der Waals surface area (Å²) in [5.41, 5.74) is 0.982. The Balaban J connectivity index is 2.45. The Bertz CT molecular complexity index is 460. The minimum atomic E-state index is -0.514. The molecule has 110 valence electrons. The van der Waals surface area contributed by atoms with Crippen LogP contribution in [-0.4, -0.2) is 31.5 Å². The number of hydrogen-bond acceptors (Lipinski definition) is 3. The first-order chi connectivity index (χ1) is 9.58. The topological polar surface area (TPSA) is 67.4 Å². The number of nitrogens with one attached hydrogen (secondary N) is 2. The Morgan fingerprint density at radius 3 is 2.65 bits per heavy atom. The number of aryl methyl sites for hydroxylation is 1. The highest BCUT2D eigenvalue weighted by atomic mass is 16.5. The number of carbonyl (C=O) groups is 2. The molecule has 0 aliphatic heterocycles. The lowest BCUT2D eigenvalue weighted by atomic mass is 10.1. The predicted octanol–water partition coefficient (Wildman–Crippen LogP) is 1.27. The van der Waals surface area contributed by atoms with E-state index in [1.807, 2.05) is 31.2 Å². The Morgan fingerprint density at radius 2 is 2.00 bits per heavy atom.